The van der Waals surface area contributed by atoms with E-state index in [0.29, 0.717) is 17.4 Å². The standard InChI is InChI=1S/C19H19F3O2S.CH4/c1-4-25-15-6-7-16(12(2)9-15)17-10-14(19(20,21)22)5-8-18(17)24-13(3)11-23;/h5-11,13H,4H2,1-3H3;1H4. The molecule has 0 saturated carbocycles. The van der Waals surface area contributed by atoms with E-state index >= 15 is 0 Å². The molecule has 1 atom stereocenters. The Balaban J connectivity index is 0.00000338. The van der Waals surface area contributed by atoms with E-state index in [1.165, 1.54) is 6.07 Å². The SMILES string of the molecule is C.CCSc1ccc(-c2cc(C(F)(F)F)ccc2OC(C)C=O)c(C)c1. The van der Waals surface area contributed by atoms with Crippen LogP contribution in [0.2, 0.25) is 0 Å². The second-order valence-electron chi connectivity index (χ2n) is 5.58. The molecule has 0 aliphatic rings. The molecule has 0 fully saturated rings. The number of carbonyl (C=O) groups excluding carboxylic acids is 1. The summed E-state index contributed by atoms with van der Waals surface area (Å²) in [5, 5.41) is 0. The third kappa shape index (κ3) is 5.27. The number of aryl methyl sites for hydroxylation is 1. The van der Waals surface area contributed by atoms with Crippen LogP contribution in [0.15, 0.2) is 41.3 Å². The highest BCUT2D eigenvalue weighted by Crippen LogP contribution is 2.39. The van der Waals surface area contributed by atoms with Gasteiger partial charge in [-0.3, -0.25) is 4.79 Å². The Labute approximate surface area is 156 Å². The molecule has 2 aromatic carbocycles. The van der Waals surface area contributed by atoms with Crippen molar-refractivity contribution in [2.45, 2.75) is 45.4 Å². The van der Waals surface area contributed by atoms with Gasteiger partial charge in [0.2, 0.25) is 0 Å². The number of hydrogen-bond donors (Lipinski definition) is 0. The van der Waals surface area contributed by atoms with Crippen LogP contribution in [0, 0.1) is 6.92 Å². The van der Waals surface area contributed by atoms with Crippen molar-refractivity contribution in [3.05, 3.63) is 47.5 Å². The topological polar surface area (TPSA) is 26.3 Å². The molecule has 0 heterocycles. The number of alkyl halides is 3. The van der Waals surface area contributed by atoms with Crippen LogP contribution in [0.4, 0.5) is 13.2 Å². The fourth-order valence-corrected chi connectivity index (χ4v) is 3.20. The number of rotatable bonds is 6. The Morgan fingerprint density at radius 2 is 1.85 bits per heavy atom. The van der Waals surface area contributed by atoms with E-state index in [4.69, 9.17) is 4.74 Å². The van der Waals surface area contributed by atoms with Crippen molar-refractivity contribution in [1.82, 2.24) is 0 Å². The van der Waals surface area contributed by atoms with E-state index in [2.05, 4.69) is 0 Å². The maximum atomic E-state index is 13.1. The van der Waals surface area contributed by atoms with Crippen molar-refractivity contribution in [3.63, 3.8) is 0 Å². The summed E-state index contributed by atoms with van der Waals surface area (Å²) in [5.41, 5.74) is 1.08. The molecule has 6 heteroatoms. The normalized spacial score (nSPS) is 12.2. The lowest BCUT2D eigenvalue weighted by Gasteiger charge is -2.18. The van der Waals surface area contributed by atoms with Crippen molar-refractivity contribution in [2.24, 2.45) is 0 Å². The first-order valence-corrected chi connectivity index (χ1v) is 8.81. The minimum absolute atomic E-state index is 0. The number of ether oxygens (including phenoxy) is 1. The molecule has 2 aromatic rings. The van der Waals surface area contributed by atoms with Gasteiger partial charge in [0.25, 0.3) is 0 Å². The van der Waals surface area contributed by atoms with Crippen LogP contribution in [0.3, 0.4) is 0 Å². The van der Waals surface area contributed by atoms with Gasteiger partial charge < -0.3 is 4.74 Å². The Morgan fingerprint density at radius 3 is 2.38 bits per heavy atom. The minimum Gasteiger partial charge on any atom is -0.483 e. The van der Waals surface area contributed by atoms with Gasteiger partial charge in [-0.1, -0.05) is 20.4 Å². The second-order valence-corrected chi connectivity index (χ2v) is 6.91. The van der Waals surface area contributed by atoms with E-state index in [-0.39, 0.29) is 13.2 Å². The molecule has 0 N–H and O–H groups in total. The maximum Gasteiger partial charge on any atom is 0.416 e. The summed E-state index contributed by atoms with van der Waals surface area (Å²) >= 11 is 1.66. The Hall–Kier alpha value is -1.95. The van der Waals surface area contributed by atoms with Gasteiger partial charge in [-0.2, -0.15) is 13.2 Å². The highest BCUT2D eigenvalue weighted by atomic mass is 32.2. The van der Waals surface area contributed by atoms with Crippen LogP contribution < -0.4 is 4.74 Å². The van der Waals surface area contributed by atoms with E-state index < -0.39 is 17.8 Å². The van der Waals surface area contributed by atoms with Crippen molar-refractivity contribution < 1.29 is 22.7 Å². The number of hydrogen-bond acceptors (Lipinski definition) is 3. The molecule has 0 aromatic heterocycles. The lowest BCUT2D eigenvalue weighted by Crippen LogP contribution is -2.14. The average Bonchev–Trinajstić information content (AvgIpc) is 2.55. The molecule has 142 valence electrons. The summed E-state index contributed by atoms with van der Waals surface area (Å²) in [4.78, 5) is 11.9. The summed E-state index contributed by atoms with van der Waals surface area (Å²) in [5.74, 6) is 1.17. The summed E-state index contributed by atoms with van der Waals surface area (Å²) in [6.07, 6.45) is -4.59. The molecular formula is C20H23F3O2S. The minimum atomic E-state index is -4.45. The lowest BCUT2D eigenvalue weighted by atomic mass is 9.97. The summed E-state index contributed by atoms with van der Waals surface area (Å²) < 4.78 is 44.8. The van der Waals surface area contributed by atoms with E-state index in [1.807, 2.05) is 26.0 Å². The average molecular weight is 384 g/mol. The largest absolute Gasteiger partial charge is 0.483 e. The summed E-state index contributed by atoms with van der Waals surface area (Å²) in [7, 11) is 0. The number of halogens is 3. The van der Waals surface area contributed by atoms with Gasteiger partial charge >= 0.3 is 6.18 Å². The molecule has 0 aliphatic carbocycles. The van der Waals surface area contributed by atoms with Gasteiger partial charge in [0.1, 0.15) is 5.75 Å². The predicted octanol–water partition coefficient (Wildman–Crippen LogP) is 6.40. The Morgan fingerprint density at radius 1 is 1.15 bits per heavy atom. The van der Waals surface area contributed by atoms with Crippen LogP contribution in [0.1, 0.15) is 32.4 Å². The fraction of sp³-hybridized carbons (Fsp3) is 0.350. The van der Waals surface area contributed by atoms with Crippen molar-refractivity contribution in [2.75, 3.05) is 5.75 Å². The molecule has 2 nitrogen and oxygen atoms in total. The zero-order chi connectivity index (χ0) is 18.6. The zero-order valence-electron chi connectivity index (χ0n) is 14.2. The fourth-order valence-electron chi connectivity index (χ4n) is 2.44. The van der Waals surface area contributed by atoms with Crippen molar-refractivity contribution >= 4 is 18.0 Å². The quantitative estimate of drug-likeness (QED) is 0.426. The monoisotopic (exact) mass is 384 g/mol. The van der Waals surface area contributed by atoms with Gasteiger partial charge in [-0.05, 0) is 61.1 Å². The number of thioether (sulfide) groups is 1. The van der Waals surface area contributed by atoms with Crippen molar-refractivity contribution in [3.8, 4) is 16.9 Å². The first-order valence-electron chi connectivity index (χ1n) is 7.83. The smallest absolute Gasteiger partial charge is 0.416 e. The van der Waals surface area contributed by atoms with E-state index in [1.54, 1.807) is 24.8 Å². The van der Waals surface area contributed by atoms with E-state index in [0.717, 1.165) is 28.3 Å². The van der Waals surface area contributed by atoms with Crippen LogP contribution in [-0.4, -0.2) is 18.1 Å². The third-order valence-electron chi connectivity index (χ3n) is 3.61. The molecule has 26 heavy (non-hydrogen) atoms. The first-order chi connectivity index (χ1) is 11.8. The van der Waals surface area contributed by atoms with E-state index in [9.17, 15) is 18.0 Å². The van der Waals surface area contributed by atoms with Crippen LogP contribution in [-0.2, 0) is 11.0 Å². The van der Waals surface area contributed by atoms with Crippen molar-refractivity contribution in [1.29, 1.82) is 0 Å². The molecule has 0 bridgehead atoms. The number of carbonyl (C=O) groups is 1. The molecule has 0 amide bonds. The van der Waals surface area contributed by atoms with Crippen LogP contribution in [0.5, 0.6) is 5.75 Å². The molecule has 0 spiro atoms. The highest BCUT2D eigenvalue weighted by Gasteiger charge is 2.31. The molecule has 1 unspecified atom stereocenters. The van der Waals surface area contributed by atoms with Gasteiger partial charge in [-0.25, -0.2) is 0 Å². The number of aldehydes is 1. The molecule has 0 radical (unpaired) electrons. The highest BCUT2D eigenvalue weighted by molar-refractivity contribution is 7.99. The predicted molar refractivity (Wildman–Crippen MR) is 101 cm³/mol. The van der Waals surface area contributed by atoms with Gasteiger partial charge in [0.15, 0.2) is 12.4 Å². The Kier molecular flexibility index (Phi) is 7.75. The summed E-state index contributed by atoms with van der Waals surface area (Å²) in [6.45, 7) is 5.43. The first kappa shape index (κ1) is 22.1. The number of benzene rings is 2. The van der Waals surface area contributed by atoms with Gasteiger partial charge in [0, 0.05) is 10.5 Å². The maximum absolute atomic E-state index is 13.1. The lowest BCUT2D eigenvalue weighted by molar-refractivity contribution is -0.137. The molecule has 0 saturated heterocycles. The molecule has 0 aliphatic heterocycles. The Bertz CT molecular complexity index is 757. The second kappa shape index (κ2) is 9.12. The van der Waals surface area contributed by atoms with Crippen LogP contribution >= 0.6 is 11.8 Å². The molecular weight excluding hydrogens is 361 g/mol. The molecule has 2 rings (SSSR count). The summed E-state index contributed by atoms with van der Waals surface area (Å²) in [6, 6.07) is 8.92. The third-order valence-corrected chi connectivity index (χ3v) is 4.49. The zero-order valence-corrected chi connectivity index (χ0v) is 15.0. The van der Waals surface area contributed by atoms with Gasteiger partial charge in [-0.15, -0.1) is 11.8 Å². The van der Waals surface area contributed by atoms with Crippen LogP contribution in [0.25, 0.3) is 11.1 Å². The van der Waals surface area contributed by atoms with Gasteiger partial charge in [0.05, 0.1) is 5.56 Å².